The van der Waals surface area contributed by atoms with Crippen LogP contribution in [0.2, 0.25) is 5.02 Å². The Labute approximate surface area is 113 Å². The lowest BCUT2D eigenvalue weighted by atomic mass is 10.0. The first-order valence-corrected chi connectivity index (χ1v) is 6.79. The summed E-state index contributed by atoms with van der Waals surface area (Å²) < 4.78 is 13.6. The van der Waals surface area contributed by atoms with Crippen molar-refractivity contribution in [2.75, 3.05) is 19.6 Å². The molecular formula is C14H21ClFNO. The molecular weight excluding hydrogens is 253 g/mol. The van der Waals surface area contributed by atoms with Gasteiger partial charge in [-0.2, -0.15) is 0 Å². The van der Waals surface area contributed by atoms with Crippen LogP contribution >= 0.6 is 11.6 Å². The first kappa shape index (κ1) is 15.4. The molecule has 1 aromatic carbocycles. The quantitative estimate of drug-likeness (QED) is 0.825. The van der Waals surface area contributed by atoms with Gasteiger partial charge in [0.15, 0.2) is 0 Å². The number of hydrogen-bond acceptors (Lipinski definition) is 2. The fraction of sp³-hybridized carbons (Fsp3) is 0.571. The van der Waals surface area contributed by atoms with Crippen LogP contribution < -0.4 is 0 Å². The largest absolute Gasteiger partial charge is 0.393 e. The number of nitrogens with zero attached hydrogens (tertiary/aromatic N) is 1. The summed E-state index contributed by atoms with van der Waals surface area (Å²) in [5, 5.41) is 10.0. The highest BCUT2D eigenvalue weighted by Gasteiger charge is 2.12. The Morgan fingerprint density at radius 1 is 1.33 bits per heavy atom. The molecule has 4 heteroatoms. The Bertz CT molecular complexity index is 369. The second-order valence-electron chi connectivity index (χ2n) is 4.39. The molecule has 0 aromatic heterocycles. The van der Waals surface area contributed by atoms with Crippen LogP contribution in [0.4, 0.5) is 4.39 Å². The van der Waals surface area contributed by atoms with Gasteiger partial charge in [-0.25, -0.2) is 4.39 Å². The van der Waals surface area contributed by atoms with Crippen molar-refractivity contribution in [1.82, 2.24) is 4.90 Å². The first-order valence-electron chi connectivity index (χ1n) is 6.41. The van der Waals surface area contributed by atoms with Crippen molar-refractivity contribution in [2.45, 2.75) is 32.8 Å². The average molecular weight is 274 g/mol. The molecule has 0 radical (unpaired) electrons. The van der Waals surface area contributed by atoms with Crippen LogP contribution in [0.5, 0.6) is 0 Å². The van der Waals surface area contributed by atoms with E-state index in [0.717, 1.165) is 19.6 Å². The molecule has 18 heavy (non-hydrogen) atoms. The molecule has 0 amide bonds. The number of hydrogen-bond donors (Lipinski definition) is 1. The van der Waals surface area contributed by atoms with E-state index in [0.29, 0.717) is 18.4 Å². The van der Waals surface area contributed by atoms with Crippen molar-refractivity contribution in [2.24, 2.45) is 0 Å². The predicted octanol–water partition coefficient (Wildman–Crippen LogP) is 3.11. The van der Waals surface area contributed by atoms with Crippen LogP contribution in [0.3, 0.4) is 0 Å². The van der Waals surface area contributed by atoms with Gasteiger partial charge in [-0.15, -0.1) is 0 Å². The molecule has 0 aliphatic rings. The van der Waals surface area contributed by atoms with Crippen molar-refractivity contribution in [3.05, 3.63) is 34.6 Å². The van der Waals surface area contributed by atoms with E-state index in [1.165, 1.54) is 6.07 Å². The number of halogens is 2. The van der Waals surface area contributed by atoms with Crippen LogP contribution in [0.15, 0.2) is 18.2 Å². The molecule has 0 saturated carbocycles. The third-order valence-corrected chi connectivity index (χ3v) is 3.45. The fourth-order valence-electron chi connectivity index (χ4n) is 1.93. The summed E-state index contributed by atoms with van der Waals surface area (Å²) in [6.45, 7) is 6.94. The van der Waals surface area contributed by atoms with E-state index in [-0.39, 0.29) is 5.02 Å². The van der Waals surface area contributed by atoms with Gasteiger partial charge in [0.2, 0.25) is 0 Å². The normalized spacial score (nSPS) is 13.0. The van der Waals surface area contributed by atoms with E-state index in [1.54, 1.807) is 12.1 Å². The zero-order chi connectivity index (χ0) is 13.5. The lowest BCUT2D eigenvalue weighted by Crippen LogP contribution is -2.27. The molecule has 0 bridgehead atoms. The second-order valence-corrected chi connectivity index (χ2v) is 4.79. The summed E-state index contributed by atoms with van der Waals surface area (Å²) in [7, 11) is 0. The van der Waals surface area contributed by atoms with Gasteiger partial charge < -0.3 is 10.0 Å². The average Bonchev–Trinajstić information content (AvgIpc) is 2.36. The summed E-state index contributed by atoms with van der Waals surface area (Å²) in [6.07, 6.45) is 0.431. The smallest absolute Gasteiger partial charge is 0.145 e. The minimum atomic E-state index is -0.529. The zero-order valence-electron chi connectivity index (χ0n) is 11.0. The Morgan fingerprint density at radius 2 is 2.00 bits per heavy atom. The van der Waals surface area contributed by atoms with Crippen LogP contribution in [0, 0.1) is 5.82 Å². The van der Waals surface area contributed by atoms with Gasteiger partial charge in [0.05, 0.1) is 11.1 Å². The number of aliphatic hydroxyl groups excluding tert-OH is 1. The van der Waals surface area contributed by atoms with Crippen LogP contribution in [0.25, 0.3) is 0 Å². The molecule has 0 heterocycles. The van der Waals surface area contributed by atoms with Gasteiger partial charge >= 0.3 is 0 Å². The van der Waals surface area contributed by atoms with Gasteiger partial charge in [0.1, 0.15) is 5.82 Å². The summed E-state index contributed by atoms with van der Waals surface area (Å²) >= 11 is 5.70. The summed E-state index contributed by atoms with van der Waals surface area (Å²) in [5.74, 6) is -0.416. The molecule has 0 aliphatic heterocycles. The molecule has 0 saturated heterocycles. The highest BCUT2D eigenvalue weighted by molar-refractivity contribution is 6.30. The Kier molecular flexibility index (Phi) is 6.61. The van der Waals surface area contributed by atoms with E-state index in [4.69, 9.17) is 11.6 Å². The number of aliphatic hydroxyl groups is 1. The first-order chi connectivity index (χ1) is 8.58. The molecule has 1 atom stereocenters. The van der Waals surface area contributed by atoms with Gasteiger partial charge in [-0.05, 0) is 31.1 Å². The van der Waals surface area contributed by atoms with E-state index in [2.05, 4.69) is 18.7 Å². The maximum atomic E-state index is 13.6. The third-order valence-electron chi connectivity index (χ3n) is 3.16. The van der Waals surface area contributed by atoms with Crippen molar-refractivity contribution in [3.63, 3.8) is 0 Å². The third kappa shape index (κ3) is 4.56. The molecule has 1 N–H and O–H groups in total. The highest BCUT2D eigenvalue weighted by atomic mass is 35.5. The van der Waals surface area contributed by atoms with E-state index >= 15 is 0 Å². The lowest BCUT2D eigenvalue weighted by Gasteiger charge is -2.20. The molecule has 1 unspecified atom stereocenters. The maximum absolute atomic E-state index is 13.6. The van der Waals surface area contributed by atoms with Crippen molar-refractivity contribution in [1.29, 1.82) is 0 Å². The Hall–Kier alpha value is -0.640. The SMILES string of the molecule is CCN(CC)CCC(O)Cc1cccc(Cl)c1F. The summed E-state index contributed by atoms with van der Waals surface area (Å²) in [5.41, 5.74) is 0.481. The van der Waals surface area contributed by atoms with Crippen LogP contribution in [0.1, 0.15) is 25.8 Å². The molecule has 1 rings (SSSR count). The van der Waals surface area contributed by atoms with Gasteiger partial charge in [0, 0.05) is 13.0 Å². The van der Waals surface area contributed by atoms with Crippen molar-refractivity contribution in [3.8, 4) is 0 Å². The predicted molar refractivity (Wildman–Crippen MR) is 73.5 cm³/mol. The zero-order valence-corrected chi connectivity index (χ0v) is 11.8. The fourth-order valence-corrected chi connectivity index (χ4v) is 2.13. The number of benzene rings is 1. The minimum Gasteiger partial charge on any atom is -0.393 e. The number of rotatable bonds is 7. The Balaban J connectivity index is 2.49. The molecule has 2 nitrogen and oxygen atoms in total. The van der Waals surface area contributed by atoms with Gasteiger partial charge in [-0.1, -0.05) is 37.6 Å². The lowest BCUT2D eigenvalue weighted by molar-refractivity contribution is 0.143. The highest BCUT2D eigenvalue weighted by Crippen LogP contribution is 2.19. The van der Waals surface area contributed by atoms with E-state index in [1.807, 2.05) is 0 Å². The molecule has 0 fully saturated rings. The second kappa shape index (κ2) is 7.72. The topological polar surface area (TPSA) is 23.5 Å². The maximum Gasteiger partial charge on any atom is 0.145 e. The van der Waals surface area contributed by atoms with Crippen LogP contribution in [-0.4, -0.2) is 35.7 Å². The monoisotopic (exact) mass is 273 g/mol. The van der Waals surface area contributed by atoms with Gasteiger partial charge in [0.25, 0.3) is 0 Å². The van der Waals surface area contributed by atoms with Gasteiger partial charge in [-0.3, -0.25) is 0 Å². The van der Waals surface area contributed by atoms with E-state index < -0.39 is 11.9 Å². The summed E-state index contributed by atoms with van der Waals surface area (Å²) in [6, 6.07) is 4.89. The van der Waals surface area contributed by atoms with E-state index in [9.17, 15) is 9.50 Å². The van der Waals surface area contributed by atoms with Crippen LogP contribution in [-0.2, 0) is 6.42 Å². The molecule has 0 aliphatic carbocycles. The molecule has 0 spiro atoms. The minimum absolute atomic E-state index is 0.114. The summed E-state index contributed by atoms with van der Waals surface area (Å²) in [4.78, 5) is 2.23. The van der Waals surface area contributed by atoms with Crippen molar-refractivity contribution >= 4 is 11.6 Å². The molecule has 102 valence electrons. The van der Waals surface area contributed by atoms with Crippen molar-refractivity contribution < 1.29 is 9.50 Å². The standard InChI is InChI=1S/C14H21ClFNO/c1-3-17(4-2)9-8-12(18)10-11-6-5-7-13(15)14(11)16/h5-7,12,18H,3-4,8-10H2,1-2H3. The molecule has 1 aromatic rings. The Morgan fingerprint density at radius 3 is 2.61 bits per heavy atom.